The first kappa shape index (κ1) is 8.01. The summed E-state index contributed by atoms with van der Waals surface area (Å²) in [5.74, 6) is 0. The Kier molecular flexibility index (Phi) is 1.51. The summed E-state index contributed by atoms with van der Waals surface area (Å²) in [7, 11) is 0. The number of H-pyrrole nitrogens is 1. The molecule has 3 rings (SSSR count). The maximum absolute atomic E-state index is 8.84. The predicted octanol–water partition coefficient (Wildman–Crippen LogP) is 2.59. The Hall–Kier alpha value is -2.34. The third-order valence-corrected chi connectivity index (χ3v) is 2.55. The summed E-state index contributed by atoms with van der Waals surface area (Å²) >= 11 is 0. The molecule has 3 aromatic rings. The number of nitrogens with one attached hydrogen (secondary N) is 1. The van der Waals surface area contributed by atoms with Crippen LogP contribution in [0.4, 0.5) is 0 Å². The molecule has 2 aromatic carbocycles. The predicted molar refractivity (Wildman–Crippen MR) is 58.3 cm³/mol. The van der Waals surface area contributed by atoms with Crippen LogP contribution in [0.2, 0.25) is 0 Å². The van der Waals surface area contributed by atoms with Gasteiger partial charge in [-0.15, -0.1) is 0 Å². The van der Waals surface area contributed by atoms with Gasteiger partial charge in [0.25, 0.3) is 0 Å². The van der Waals surface area contributed by atoms with Crippen molar-refractivity contribution in [3.05, 3.63) is 42.1 Å². The molecule has 0 saturated heterocycles. The van der Waals surface area contributed by atoms with Crippen LogP contribution in [0.15, 0.2) is 36.5 Å². The van der Waals surface area contributed by atoms with Crippen molar-refractivity contribution in [2.45, 2.75) is 0 Å². The molecule has 0 amide bonds. The van der Waals surface area contributed by atoms with Gasteiger partial charge in [0.05, 0.1) is 17.1 Å². The zero-order valence-corrected chi connectivity index (χ0v) is 7.86. The van der Waals surface area contributed by atoms with E-state index in [1.807, 2.05) is 36.5 Å². The highest BCUT2D eigenvalue weighted by molar-refractivity contribution is 6.05. The Balaban J connectivity index is 2.54. The summed E-state index contributed by atoms with van der Waals surface area (Å²) in [4.78, 5) is 0. The zero-order chi connectivity index (χ0) is 10.3. The van der Waals surface area contributed by atoms with Crippen LogP contribution in [0.1, 0.15) is 5.56 Å². The lowest BCUT2D eigenvalue weighted by atomic mass is 10.1. The zero-order valence-electron chi connectivity index (χ0n) is 7.86. The molecule has 1 N–H and O–H groups in total. The van der Waals surface area contributed by atoms with Crippen LogP contribution in [-0.2, 0) is 0 Å². The van der Waals surface area contributed by atoms with Crippen LogP contribution in [-0.4, -0.2) is 10.2 Å². The highest BCUT2D eigenvalue weighted by atomic mass is 15.1. The molecule has 1 heterocycles. The second-order valence-electron chi connectivity index (χ2n) is 3.44. The molecular formula is C12H7N3. The molecule has 1 aromatic heterocycles. The van der Waals surface area contributed by atoms with E-state index in [0.717, 1.165) is 21.7 Å². The molecule has 0 aliphatic heterocycles. The van der Waals surface area contributed by atoms with Crippen molar-refractivity contribution in [2.75, 3.05) is 0 Å². The molecule has 0 spiro atoms. The first-order valence-corrected chi connectivity index (χ1v) is 4.65. The summed E-state index contributed by atoms with van der Waals surface area (Å²) < 4.78 is 0. The van der Waals surface area contributed by atoms with Crippen LogP contribution in [0.5, 0.6) is 0 Å². The molecule has 0 unspecified atom stereocenters. The van der Waals surface area contributed by atoms with Gasteiger partial charge in [-0.25, -0.2) is 0 Å². The van der Waals surface area contributed by atoms with Crippen LogP contribution in [0.25, 0.3) is 21.7 Å². The number of rotatable bonds is 0. The Morgan fingerprint density at radius 2 is 1.93 bits per heavy atom. The summed E-state index contributed by atoms with van der Waals surface area (Å²) in [6.45, 7) is 0. The van der Waals surface area contributed by atoms with Gasteiger partial charge in [0.15, 0.2) is 0 Å². The van der Waals surface area contributed by atoms with Crippen LogP contribution < -0.4 is 0 Å². The average Bonchev–Trinajstić information content (AvgIpc) is 2.76. The van der Waals surface area contributed by atoms with E-state index in [1.165, 1.54) is 0 Å². The van der Waals surface area contributed by atoms with Crippen molar-refractivity contribution in [1.82, 2.24) is 10.2 Å². The monoisotopic (exact) mass is 193 g/mol. The number of hydrogen-bond donors (Lipinski definition) is 1. The topological polar surface area (TPSA) is 52.5 Å². The minimum Gasteiger partial charge on any atom is -0.284 e. The minimum atomic E-state index is 0.665. The second kappa shape index (κ2) is 2.82. The molecular weight excluding hydrogens is 186 g/mol. The smallest absolute Gasteiger partial charge is 0.0999 e. The van der Waals surface area contributed by atoms with E-state index in [4.69, 9.17) is 5.26 Å². The van der Waals surface area contributed by atoms with Gasteiger partial charge in [0.1, 0.15) is 0 Å². The largest absolute Gasteiger partial charge is 0.284 e. The van der Waals surface area contributed by atoms with E-state index in [2.05, 4.69) is 16.3 Å². The molecule has 0 atom stereocenters. The Bertz CT molecular complexity index is 689. The third kappa shape index (κ3) is 1.09. The molecule has 15 heavy (non-hydrogen) atoms. The van der Waals surface area contributed by atoms with Gasteiger partial charge in [-0.1, -0.05) is 18.2 Å². The maximum Gasteiger partial charge on any atom is 0.0999 e. The fourth-order valence-electron chi connectivity index (χ4n) is 1.80. The Morgan fingerprint density at radius 3 is 2.80 bits per heavy atom. The lowest BCUT2D eigenvalue weighted by Gasteiger charge is -1.98. The van der Waals surface area contributed by atoms with E-state index in [9.17, 15) is 0 Å². The van der Waals surface area contributed by atoms with Crippen molar-refractivity contribution in [3.63, 3.8) is 0 Å². The number of aromatic amines is 1. The minimum absolute atomic E-state index is 0.665. The number of hydrogen-bond acceptors (Lipinski definition) is 2. The molecule has 0 bridgehead atoms. The third-order valence-electron chi connectivity index (χ3n) is 2.55. The number of nitrogens with zero attached hydrogens (tertiary/aromatic N) is 2. The average molecular weight is 193 g/mol. The molecule has 0 aliphatic rings. The summed E-state index contributed by atoms with van der Waals surface area (Å²) in [6.07, 6.45) is 1.85. The lowest BCUT2D eigenvalue weighted by Crippen LogP contribution is -1.78. The molecule has 0 fully saturated rings. The number of benzene rings is 2. The van der Waals surface area contributed by atoms with Crippen LogP contribution in [0.3, 0.4) is 0 Å². The summed E-state index contributed by atoms with van der Waals surface area (Å²) in [6, 6.07) is 11.8. The van der Waals surface area contributed by atoms with Crippen molar-refractivity contribution in [3.8, 4) is 6.07 Å². The van der Waals surface area contributed by atoms with Crippen LogP contribution in [0, 0.1) is 11.3 Å². The first-order valence-electron chi connectivity index (χ1n) is 4.65. The highest BCUT2D eigenvalue weighted by Gasteiger charge is 2.03. The molecule has 3 nitrogen and oxygen atoms in total. The number of nitriles is 1. The summed E-state index contributed by atoms with van der Waals surface area (Å²) in [5, 5.41) is 19.1. The number of aromatic nitrogens is 2. The van der Waals surface area contributed by atoms with Gasteiger partial charge in [0, 0.05) is 17.0 Å². The van der Waals surface area contributed by atoms with Crippen molar-refractivity contribution in [1.29, 1.82) is 5.26 Å². The van der Waals surface area contributed by atoms with Crippen molar-refractivity contribution >= 4 is 21.7 Å². The number of fused-ring (bicyclic) bond motifs is 3. The standard InChI is InChI=1S/C12H7N3/c13-6-8-1-2-9-3-4-10-7-14-15-12(10)11(9)5-8/h1-5,7H,(H,14,15). The Labute approximate surface area is 85.9 Å². The van der Waals surface area contributed by atoms with E-state index >= 15 is 0 Å². The lowest BCUT2D eigenvalue weighted by molar-refractivity contribution is 1.12. The maximum atomic E-state index is 8.84. The van der Waals surface area contributed by atoms with Crippen molar-refractivity contribution < 1.29 is 0 Å². The van der Waals surface area contributed by atoms with E-state index in [1.54, 1.807) is 0 Å². The normalized spacial score (nSPS) is 10.6. The fourth-order valence-corrected chi connectivity index (χ4v) is 1.80. The van der Waals surface area contributed by atoms with E-state index in [0.29, 0.717) is 5.56 Å². The second-order valence-corrected chi connectivity index (χ2v) is 3.44. The van der Waals surface area contributed by atoms with Gasteiger partial charge >= 0.3 is 0 Å². The van der Waals surface area contributed by atoms with Gasteiger partial charge in [0.2, 0.25) is 0 Å². The SMILES string of the molecule is N#Cc1ccc2ccc3c[nH]nc3c2c1. The van der Waals surface area contributed by atoms with Crippen molar-refractivity contribution in [2.24, 2.45) is 0 Å². The van der Waals surface area contributed by atoms with Gasteiger partial charge in [-0.3, -0.25) is 5.10 Å². The fraction of sp³-hybridized carbons (Fsp3) is 0. The van der Waals surface area contributed by atoms with E-state index in [-0.39, 0.29) is 0 Å². The van der Waals surface area contributed by atoms with Gasteiger partial charge in [-0.05, 0) is 17.5 Å². The molecule has 0 radical (unpaired) electrons. The molecule has 3 heteroatoms. The first-order chi connectivity index (χ1) is 7.38. The van der Waals surface area contributed by atoms with Crippen LogP contribution >= 0.6 is 0 Å². The van der Waals surface area contributed by atoms with Gasteiger partial charge in [-0.2, -0.15) is 10.4 Å². The quantitative estimate of drug-likeness (QED) is 0.596. The van der Waals surface area contributed by atoms with E-state index < -0.39 is 0 Å². The Morgan fingerprint density at radius 1 is 1.13 bits per heavy atom. The molecule has 0 aliphatic carbocycles. The molecule has 70 valence electrons. The highest BCUT2D eigenvalue weighted by Crippen LogP contribution is 2.23. The summed E-state index contributed by atoms with van der Waals surface area (Å²) in [5.41, 5.74) is 1.59. The van der Waals surface area contributed by atoms with Gasteiger partial charge < -0.3 is 0 Å². The molecule has 0 saturated carbocycles.